The van der Waals surface area contributed by atoms with Gasteiger partial charge < -0.3 is 29.9 Å². The summed E-state index contributed by atoms with van der Waals surface area (Å²) in [5.41, 5.74) is -1.79. The molecule has 0 amide bonds. The minimum absolute atomic E-state index is 0.0214. The second-order valence-electron chi connectivity index (χ2n) is 11.3. The first kappa shape index (κ1) is 20.3. The molecule has 13 atom stereocenters. The van der Waals surface area contributed by atoms with E-state index in [9.17, 15) is 20.4 Å². The van der Waals surface area contributed by atoms with Crippen LogP contribution in [-0.2, 0) is 9.47 Å². The Morgan fingerprint density at radius 2 is 1.87 bits per heavy atom. The Bertz CT molecular complexity index is 736. The van der Waals surface area contributed by atoms with Crippen molar-refractivity contribution in [2.75, 3.05) is 33.9 Å². The number of fused-ring (bicyclic) bond motifs is 2. The van der Waals surface area contributed by atoms with Crippen LogP contribution in [0, 0.1) is 40.4 Å². The number of aliphatic hydroxyl groups excluding tert-OH is 3. The van der Waals surface area contributed by atoms with Gasteiger partial charge in [0.05, 0.1) is 24.9 Å². The molecule has 30 heavy (non-hydrogen) atoms. The molecule has 7 heteroatoms. The highest BCUT2D eigenvalue weighted by Gasteiger charge is 2.85. The highest BCUT2D eigenvalue weighted by molar-refractivity contribution is 5.34. The molecule has 1 saturated heterocycles. The van der Waals surface area contributed by atoms with E-state index in [4.69, 9.17) is 9.47 Å². The van der Waals surface area contributed by atoms with Gasteiger partial charge in [-0.25, -0.2) is 0 Å². The van der Waals surface area contributed by atoms with Crippen LogP contribution in [0.2, 0.25) is 0 Å². The molecule has 0 radical (unpaired) electrons. The first-order chi connectivity index (χ1) is 14.3. The van der Waals surface area contributed by atoms with Crippen molar-refractivity contribution in [2.24, 2.45) is 40.4 Å². The van der Waals surface area contributed by atoms with Gasteiger partial charge in [0.25, 0.3) is 0 Å². The Morgan fingerprint density at radius 3 is 2.53 bits per heavy atom. The Balaban J connectivity index is 1.59. The highest BCUT2D eigenvalue weighted by atomic mass is 16.5. The van der Waals surface area contributed by atoms with Crippen LogP contribution in [0.4, 0.5) is 0 Å². The van der Waals surface area contributed by atoms with E-state index in [0.717, 1.165) is 32.4 Å². The van der Waals surface area contributed by atoms with E-state index in [0.29, 0.717) is 13.0 Å². The van der Waals surface area contributed by atoms with Crippen molar-refractivity contribution >= 4 is 0 Å². The molecular weight excluding hydrogens is 386 g/mol. The number of aliphatic hydroxyl groups is 4. The van der Waals surface area contributed by atoms with Gasteiger partial charge in [0.1, 0.15) is 11.7 Å². The molecule has 6 aliphatic rings. The third-order valence-electron chi connectivity index (χ3n) is 11.0. The van der Waals surface area contributed by atoms with Gasteiger partial charge in [-0.15, -0.1) is 0 Å². The fourth-order valence-electron chi connectivity index (χ4n) is 10.4. The summed E-state index contributed by atoms with van der Waals surface area (Å²) in [7, 11) is 3.33. The minimum Gasteiger partial charge on any atom is -0.392 e. The van der Waals surface area contributed by atoms with E-state index < -0.39 is 35.9 Å². The monoisotopic (exact) mass is 423 g/mol. The third kappa shape index (κ3) is 1.88. The lowest BCUT2D eigenvalue weighted by Gasteiger charge is -2.69. The first-order valence-electron chi connectivity index (χ1n) is 11.8. The molecule has 0 unspecified atom stereocenters. The van der Waals surface area contributed by atoms with Gasteiger partial charge in [0, 0.05) is 55.4 Å². The van der Waals surface area contributed by atoms with Crippen LogP contribution >= 0.6 is 0 Å². The lowest BCUT2D eigenvalue weighted by molar-refractivity contribution is -0.297. The Hall–Kier alpha value is -0.280. The number of rotatable bonds is 4. The lowest BCUT2D eigenvalue weighted by atomic mass is 9.43. The number of likely N-dealkylation sites (tertiary alicyclic amines) is 1. The number of methoxy groups -OCH3 is 2. The first-order valence-corrected chi connectivity index (χ1v) is 11.8. The van der Waals surface area contributed by atoms with E-state index >= 15 is 0 Å². The van der Waals surface area contributed by atoms with Crippen LogP contribution in [-0.4, -0.2) is 95.3 Å². The second-order valence-corrected chi connectivity index (χ2v) is 11.3. The summed E-state index contributed by atoms with van der Waals surface area (Å²) in [4.78, 5) is 2.47. The van der Waals surface area contributed by atoms with Crippen molar-refractivity contribution in [1.82, 2.24) is 4.90 Å². The van der Waals surface area contributed by atoms with Crippen molar-refractivity contribution in [2.45, 2.75) is 68.7 Å². The summed E-state index contributed by atoms with van der Waals surface area (Å²) in [5.74, 6) is -0.565. The van der Waals surface area contributed by atoms with E-state index in [1.54, 1.807) is 14.2 Å². The van der Waals surface area contributed by atoms with Crippen molar-refractivity contribution in [3.8, 4) is 0 Å². The molecule has 6 rings (SSSR count). The molecular formula is C23H37NO6. The maximum atomic E-state index is 12.3. The molecule has 4 N–H and O–H groups in total. The van der Waals surface area contributed by atoms with Gasteiger partial charge in [0.2, 0.25) is 0 Å². The zero-order valence-corrected chi connectivity index (χ0v) is 18.3. The van der Waals surface area contributed by atoms with E-state index in [-0.39, 0.29) is 40.5 Å². The normalized spacial score (nSPS) is 63.3. The molecule has 5 saturated carbocycles. The van der Waals surface area contributed by atoms with Crippen molar-refractivity contribution in [3.63, 3.8) is 0 Å². The van der Waals surface area contributed by atoms with Crippen LogP contribution in [0.1, 0.15) is 32.6 Å². The third-order valence-corrected chi connectivity index (χ3v) is 11.0. The summed E-state index contributed by atoms with van der Waals surface area (Å²) in [6.07, 6.45) is 0.415. The number of ether oxygens (including phenoxy) is 2. The molecule has 1 aliphatic heterocycles. The van der Waals surface area contributed by atoms with Crippen molar-refractivity contribution < 1.29 is 29.9 Å². The summed E-state index contributed by atoms with van der Waals surface area (Å²) < 4.78 is 11.4. The van der Waals surface area contributed by atoms with Gasteiger partial charge in [-0.05, 0) is 44.1 Å². The predicted octanol–water partition coefficient (Wildman–Crippen LogP) is -0.152. The molecule has 5 aliphatic carbocycles. The maximum absolute atomic E-state index is 12.3. The fourth-order valence-corrected chi connectivity index (χ4v) is 10.4. The molecule has 1 heterocycles. The van der Waals surface area contributed by atoms with Crippen LogP contribution in [0.5, 0.6) is 0 Å². The topological polar surface area (TPSA) is 103 Å². The smallest absolute Gasteiger partial charge is 0.110 e. The van der Waals surface area contributed by atoms with Crippen LogP contribution in [0.3, 0.4) is 0 Å². The summed E-state index contributed by atoms with van der Waals surface area (Å²) in [6.45, 7) is 4.58. The Morgan fingerprint density at radius 1 is 1.10 bits per heavy atom. The van der Waals surface area contributed by atoms with Gasteiger partial charge in [-0.2, -0.15) is 0 Å². The van der Waals surface area contributed by atoms with Crippen molar-refractivity contribution in [1.29, 1.82) is 0 Å². The molecule has 0 aromatic heterocycles. The average molecular weight is 424 g/mol. The zero-order valence-electron chi connectivity index (χ0n) is 18.3. The predicted molar refractivity (Wildman–Crippen MR) is 107 cm³/mol. The standard InChI is InChI=1S/C23H37NO6/c1-4-24-9-21(10-29-2)6-5-15(25)22-12-7-11-17(26)16(12)23(28,20(27)18(11)30-3)13(19(22)24)8-14(21)22/h11-20,25-28H,4-10H2,1-3H3/t11-,12+,13-,14+,15-,16+,17-,18+,19+,20-,21-,22+,23-/m0/s1. The van der Waals surface area contributed by atoms with Crippen LogP contribution in [0.25, 0.3) is 0 Å². The SMILES string of the molecule is CCN1C[C@]2(COC)CC[C@H](O)[C@@]34[C@@H]5C[C@H]6[C@H](O)[C@@H]5[C@](O)([C@@H](O)[C@@H]6OC)[C@@H](C[C@H]23)[C@@H]14. The lowest BCUT2D eigenvalue weighted by Crippen LogP contribution is -2.78. The molecule has 6 fully saturated rings. The molecule has 170 valence electrons. The molecule has 0 aromatic rings. The van der Waals surface area contributed by atoms with Gasteiger partial charge in [-0.1, -0.05) is 6.92 Å². The van der Waals surface area contributed by atoms with Gasteiger partial charge in [-0.3, -0.25) is 4.90 Å². The Labute approximate surface area is 178 Å². The molecule has 0 aromatic carbocycles. The second kappa shape index (κ2) is 6.19. The molecule has 7 nitrogen and oxygen atoms in total. The number of hydrogen-bond donors (Lipinski definition) is 4. The highest BCUT2D eigenvalue weighted by Crippen LogP contribution is 2.78. The summed E-state index contributed by atoms with van der Waals surface area (Å²) >= 11 is 0. The number of hydrogen-bond acceptors (Lipinski definition) is 7. The van der Waals surface area contributed by atoms with E-state index in [2.05, 4.69) is 11.8 Å². The maximum Gasteiger partial charge on any atom is 0.110 e. The quantitative estimate of drug-likeness (QED) is 0.499. The summed E-state index contributed by atoms with van der Waals surface area (Å²) in [6, 6.07) is 0.0234. The van der Waals surface area contributed by atoms with Gasteiger partial charge in [0.15, 0.2) is 0 Å². The van der Waals surface area contributed by atoms with Crippen LogP contribution < -0.4 is 0 Å². The summed E-state index contributed by atoms with van der Waals surface area (Å²) in [5, 5.41) is 46.7. The van der Waals surface area contributed by atoms with E-state index in [1.807, 2.05) is 0 Å². The average Bonchev–Trinajstić information content (AvgIpc) is 3.16. The minimum atomic E-state index is -1.39. The van der Waals surface area contributed by atoms with E-state index in [1.165, 1.54) is 0 Å². The molecule has 7 bridgehead atoms. The Kier molecular flexibility index (Phi) is 4.19. The largest absolute Gasteiger partial charge is 0.392 e. The van der Waals surface area contributed by atoms with Gasteiger partial charge >= 0.3 is 0 Å². The fraction of sp³-hybridized carbons (Fsp3) is 1.00. The van der Waals surface area contributed by atoms with Crippen molar-refractivity contribution in [3.05, 3.63) is 0 Å². The number of nitrogens with zero attached hydrogens (tertiary/aromatic N) is 1. The molecule has 1 spiro atoms. The zero-order chi connectivity index (χ0) is 21.2. The van der Waals surface area contributed by atoms with Crippen LogP contribution in [0.15, 0.2) is 0 Å². The number of piperidine rings is 1.